The number of hydrogen-bond donors (Lipinski definition) is 0. The number of hydrogen-bond acceptors (Lipinski definition) is 5. The second-order valence-electron chi connectivity index (χ2n) is 8.76. The first-order valence-electron chi connectivity index (χ1n) is 11.8. The van der Waals surface area contributed by atoms with Gasteiger partial charge in [0.2, 0.25) is 12.7 Å². The Hall–Kier alpha value is -3.95. The van der Waals surface area contributed by atoms with Crippen LogP contribution in [-0.2, 0) is 24.1 Å². The minimum absolute atomic E-state index is 0.122. The van der Waals surface area contributed by atoms with Crippen molar-refractivity contribution in [1.29, 1.82) is 0 Å². The van der Waals surface area contributed by atoms with Crippen LogP contribution in [0.2, 0.25) is 0 Å². The highest BCUT2D eigenvalue weighted by Crippen LogP contribution is 2.33. The first-order valence-corrected chi connectivity index (χ1v) is 11.8. The molecule has 7 nitrogen and oxygen atoms in total. The molecule has 0 unspecified atom stereocenters. The standard InChI is InChI=1S/C27H27F3N2O5/c1-3-11-31(26(34)20-5-4-6-21(13-20)27(28,29)30)16-25(33)32(15-22-9-7-18(2)37-22)14-19-8-10-23-24(12-19)36-17-35-23/h4-10,12-13H,3,11,14-17H2,1-2H3. The zero-order valence-corrected chi connectivity index (χ0v) is 20.5. The van der Waals surface area contributed by atoms with Crippen molar-refractivity contribution in [2.75, 3.05) is 19.9 Å². The molecule has 1 aliphatic heterocycles. The minimum atomic E-state index is -4.58. The second kappa shape index (κ2) is 11.0. The summed E-state index contributed by atoms with van der Waals surface area (Å²) in [6.45, 7) is 4.01. The highest BCUT2D eigenvalue weighted by Gasteiger charge is 2.32. The Bertz CT molecular complexity index is 1270. The average Bonchev–Trinajstić information content (AvgIpc) is 3.50. The van der Waals surface area contributed by atoms with Crippen LogP contribution in [0.15, 0.2) is 59.0 Å². The fourth-order valence-corrected chi connectivity index (χ4v) is 4.05. The molecule has 196 valence electrons. The summed E-state index contributed by atoms with van der Waals surface area (Å²) in [6, 6.07) is 13.2. The van der Waals surface area contributed by atoms with E-state index in [-0.39, 0.29) is 44.4 Å². The highest BCUT2D eigenvalue weighted by atomic mass is 19.4. The molecule has 0 saturated heterocycles. The Balaban J connectivity index is 1.55. The Kier molecular flexibility index (Phi) is 7.75. The lowest BCUT2D eigenvalue weighted by Crippen LogP contribution is -2.42. The van der Waals surface area contributed by atoms with Crippen molar-refractivity contribution in [2.45, 2.75) is 39.5 Å². The SMILES string of the molecule is CCCN(CC(=O)N(Cc1ccc2c(c1)OCO2)Cc1ccc(C)o1)C(=O)c1cccc(C(F)(F)F)c1. The predicted molar refractivity (Wildman–Crippen MR) is 128 cm³/mol. The van der Waals surface area contributed by atoms with E-state index in [1.807, 2.05) is 13.0 Å². The molecule has 0 bridgehead atoms. The maximum atomic E-state index is 13.5. The van der Waals surface area contributed by atoms with Crippen LogP contribution in [-0.4, -0.2) is 41.5 Å². The van der Waals surface area contributed by atoms with Crippen LogP contribution in [0.25, 0.3) is 0 Å². The molecule has 3 aromatic rings. The van der Waals surface area contributed by atoms with Gasteiger partial charge in [0.05, 0.1) is 12.1 Å². The monoisotopic (exact) mass is 516 g/mol. The van der Waals surface area contributed by atoms with Gasteiger partial charge < -0.3 is 23.7 Å². The number of amides is 2. The van der Waals surface area contributed by atoms with Crippen molar-refractivity contribution in [3.8, 4) is 11.5 Å². The molecule has 2 heterocycles. The number of halogens is 3. The lowest BCUT2D eigenvalue weighted by molar-refractivity contribution is -0.137. The Labute approximate surface area is 212 Å². The van der Waals surface area contributed by atoms with E-state index in [9.17, 15) is 22.8 Å². The van der Waals surface area contributed by atoms with E-state index in [1.165, 1.54) is 21.9 Å². The maximum Gasteiger partial charge on any atom is 0.416 e. The third-order valence-electron chi connectivity index (χ3n) is 5.85. The summed E-state index contributed by atoms with van der Waals surface area (Å²) in [4.78, 5) is 29.5. The number of aryl methyl sites for hydroxylation is 1. The van der Waals surface area contributed by atoms with E-state index in [0.717, 1.165) is 17.7 Å². The van der Waals surface area contributed by atoms with Crippen molar-refractivity contribution in [2.24, 2.45) is 0 Å². The van der Waals surface area contributed by atoms with Gasteiger partial charge in [-0.25, -0.2) is 0 Å². The number of benzene rings is 2. The molecule has 0 fully saturated rings. The fraction of sp³-hybridized carbons (Fsp3) is 0.333. The van der Waals surface area contributed by atoms with Crippen LogP contribution in [0.3, 0.4) is 0 Å². The number of carbonyl (C=O) groups is 2. The van der Waals surface area contributed by atoms with E-state index >= 15 is 0 Å². The molecule has 4 rings (SSSR count). The first-order chi connectivity index (χ1) is 17.6. The summed E-state index contributed by atoms with van der Waals surface area (Å²) in [6.07, 6.45) is -4.05. The summed E-state index contributed by atoms with van der Waals surface area (Å²) in [5.74, 6) is 1.43. The highest BCUT2D eigenvalue weighted by molar-refractivity contribution is 5.96. The molecule has 1 aromatic heterocycles. The fourth-order valence-electron chi connectivity index (χ4n) is 4.05. The Morgan fingerprint density at radius 2 is 1.73 bits per heavy atom. The van der Waals surface area contributed by atoms with Gasteiger partial charge in [0.15, 0.2) is 11.5 Å². The molecule has 10 heteroatoms. The van der Waals surface area contributed by atoms with Gasteiger partial charge in [0.1, 0.15) is 18.1 Å². The van der Waals surface area contributed by atoms with Gasteiger partial charge in [-0.3, -0.25) is 9.59 Å². The zero-order chi connectivity index (χ0) is 26.6. The van der Waals surface area contributed by atoms with Crippen molar-refractivity contribution < 1.29 is 36.7 Å². The Morgan fingerprint density at radius 1 is 0.946 bits per heavy atom. The van der Waals surface area contributed by atoms with E-state index in [1.54, 1.807) is 31.2 Å². The number of ether oxygens (including phenoxy) is 2. The van der Waals surface area contributed by atoms with Crippen molar-refractivity contribution in [3.05, 3.63) is 82.8 Å². The molecular formula is C27H27F3N2O5. The second-order valence-corrected chi connectivity index (χ2v) is 8.76. The predicted octanol–water partition coefficient (Wildman–Crippen LogP) is 5.42. The van der Waals surface area contributed by atoms with E-state index < -0.39 is 17.6 Å². The van der Waals surface area contributed by atoms with Gasteiger partial charge in [0.25, 0.3) is 5.91 Å². The number of carbonyl (C=O) groups excluding carboxylic acids is 2. The number of furan rings is 1. The van der Waals surface area contributed by atoms with Crippen molar-refractivity contribution in [3.63, 3.8) is 0 Å². The van der Waals surface area contributed by atoms with Gasteiger partial charge in [-0.05, 0) is 61.4 Å². The zero-order valence-electron chi connectivity index (χ0n) is 20.5. The number of rotatable bonds is 9. The number of fused-ring (bicyclic) bond motifs is 1. The van der Waals surface area contributed by atoms with Gasteiger partial charge >= 0.3 is 6.18 Å². The lowest BCUT2D eigenvalue weighted by atomic mass is 10.1. The summed E-state index contributed by atoms with van der Waals surface area (Å²) in [5.41, 5.74) is -0.258. The van der Waals surface area contributed by atoms with Crippen LogP contribution in [0.5, 0.6) is 11.5 Å². The molecule has 0 saturated carbocycles. The molecule has 1 aliphatic rings. The molecule has 0 atom stereocenters. The third-order valence-corrected chi connectivity index (χ3v) is 5.85. The molecule has 0 radical (unpaired) electrons. The van der Waals surface area contributed by atoms with Crippen LogP contribution < -0.4 is 9.47 Å². The summed E-state index contributed by atoms with van der Waals surface area (Å²) < 4.78 is 56.0. The largest absolute Gasteiger partial charge is 0.464 e. The van der Waals surface area contributed by atoms with Gasteiger partial charge in [0, 0.05) is 18.7 Å². The molecule has 2 aromatic carbocycles. The lowest BCUT2D eigenvalue weighted by Gasteiger charge is -2.27. The summed E-state index contributed by atoms with van der Waals surface area (Å²) in [7, 11) is 0. The van der Waals surface area contributed by atoms with Crippen molar-refractivity contribution in [1.82, 2.24) is 9.80 Å². The van der Waals surface area contributed by atoms with Crippen LogP contribution in [0.4, 0.5) is 13.2 Å². The van der Waals surface area contributed by atoms with Crippen LogP contribution in [0.1, 0.15) is 46.3 Å². The van der Waals surface area contributed by atoms with Crippen LogP contribution >= 0.6 is 0 Å². The third kappa shape index (κ3) is 6.44. The van der Waals surface area contributed by atoms with E-state index in [2.05, 4.69) is 0 Å². The quantitative estimate of drug-likeness (QED) is 0.380. The van der Waals surface area contributed by atoms with Gasteiger partial charge in [-0.15, -0.1) is 0 Å². The molecule has 0 N–H and O–H groups in total. The normalized spacial score (nSPS) is 12.5. The van der Waals surface area contributed by atoms with Crippen LogP contribution in [0, 0.1) is 6.92 Å². The molecule has 37 heavy (non-hydrogen) atoms. The average molecular weight is 517 g/mol. The van der Waals surface area contributed by atoms with E-state index in [0.29, 0.717) is 29.4 Å². The van der Waals surface area contributed by atoms with E-state index in [4.69, 9.17) is 13.9 Å². The number of nitrogens with zero attached hydrogens (tertiary/aromatic N) is 2. The van der Waals surface area contributed by atoms with Gasteiger partial charge in [-0.2, -0.15) is 13.2 Å². The Morgan fingerprint density at radius 3 is 2.43 bits per heavy atom. The van der Waals surface area contributed by atoms with Crippen molar-refractivity contribution >= 4 is 11.8 Å². The first kappa shape index (κ1) is 26.1. The minimum Gasteiger partial charge on any atom is -0.464 e. The van der Waals surface area contributed by atoms with Gasteiger partial charge in [-0.1, -0.05) is 19.1 Å². The molecule has 0 aliphatic carbocycles. The smallest absolute Gasteiger partial charge is 0.416 e. The number of alkyl halides is 3. The maximum absolute atomic E-state index is 13.5. The topological polar surface area (TPSA) is 72.2 Å². The molecular weight excluding hydrogens is 489 g/mol. The molecule has 2 amide bonds. The summed E-state index contributed by atoms with van der Waals surface area (Å²) in [5, 5.41) is 0. The molecule has 0 spiro atoms. The summed E-state index contributed by atoms with van der Waals surface area (Å²) >= 11 is 0.